The number of thiophene rings is 1. The molecule has 0 atom stereocenters. The van der Waals surface area contributed by atoms with Gasteiger partial charge in [0.15, 0.2) is 0 Å². The predicted octanol–water partition coefficient (Wildman–Crippen LogP) is 2.70. The quantitative estimate of drug-likeness (QED) is 0.679. The number of nitro benzene ring substituents is 1. The first-order valence-electron chi connectivity index (χ1n) is 6.22. The summed E-state index contributed by atoms with van der Waals surface area (Å²) in [5.74, 6) is -0.679. The van der Waals surface area contributed by atoms with Crippen LogP contribution in [-0.2, 0) is 6.54 Å². The first kappa shape index (κ1) is 15.0. The summed E-state index contributed by atoms with van der Waals surface area (Å²) in [4.78, 5) is 24.8. The van der Waals surface area contributed by atoms with Gasteiger partial charge in [-0.1, -0.05) is 0 Å². The van der Waals surface area contributed by atoms with E-state index in [0.29, 0.717) is 12.2 Å². The lowest BCUT2D eigenvalue weighted by Gasteiger charge is -2.19. The fourth-order valence-corrected chi connectivity index (χ4v) is 2.97. The van der Waals surface area contributed by atoms with Crippen molar-refractivity contribution in [1.29, 1.82) is 0 Å². The lowest BCUT2D eigenvalue weighted by molar-refractivity contribution is -0.384. The second-order valence-electron chi connectivity index (χ2n) is 4.71. The van der Waals surface area contributed by atoms with Crippen molar-refractivity contribution in [3.8, 4) is 0 Å². The van der Waals surface area contributed by atoms with Gasteiger partial charge in [0, 0.05) is 23.6 Å². The van der Waals surface area contributed by atoms with Crippen molar-refractivity contribution in [2.45, 2.75) is 13.5 Å². The molecule has 1 heterocycles. The highest BCUT2D eigenvalue weighted by molar-refractivity contribution is 7.10. The molecule has 110 valence electrons. The highest BCUT2D eigenvalue weighted by Gasteiger charge is 2.20. The zero-order valence-corrected chi connectivity index (χ0v) is 12.5. The minimum atomic E-state index is -0.679. The molecule has 0 bridgehead atoms. The third kappa shape index (κ3) is 3.19. The molecule has 2 aromatic rings. The Labute approximate surface area is 126 Å². The maximum absolute atomic E-state index is 11.2. The van der Waals surface area contributed by atoms with Gasteiger partial charge in [0.25, 0.3) is 5.69 Å². The van der Waals surface area contributed by atoms with Crippen LogP contribution in [0.1, 0.15) is 20.8 Å². The topological polar surface area (TPSA) is 89.5 Å². The Morgan fingerprint density at radius 2 is 2.14 bits per heavy atom. The van der Waals surface area contributed by atoms with E-state index < -0.39 is 10.8 Å². The van der Waals surface area contributed by atoms with Gasteiger partial charge in [0.05, 0.1) is 11.5 Å². The van der Waals surface area contributed by atoms with Crippen LogP contribution in [0, 0.1) is 17.0 Å². The molecule has 0 fully saturated rings. The number of amides is 1. The smallest absolute Gasteiger partial charge is 0.293 e. The largest absolute Gasteiger partial charge is 0.366 e. The molecule has 2 rings (SSSR count). The molecule has 0 aliphatic heterocycles. The van der Waals surface area contributed by atoms with Crippen molar-refractivity contribution in [3.63, 3.8) is 0 Å². The average molecular weight is 305 g/mol. The maximum Gasteiger partial charge on any atom is 0.293 e. The normalized spacial score (nSPS) is 10.4. The molecular formula is C14H15N3O3S. The van der Waals surface area contributed by atoms with Crippen LogP contribution >= 0.6 is 11.3 Å². The van der Waals surface area contributed by atoms with E-state index in [1.165, 1.54) is 12.1 Å². The third-order valence-electron chi connectivity index (χ3n) is 3.22. The second-order valence-corrected chi connectivity index (χ2v) is 5.71. The van der Waals surface area contributed by atoms with Crippen LogP contribution < -0.4 is 10.6 Å². The third-order valence-corrected chi connectivity index (χ3v) is 4.22. The number of nitrogens with two attached hydrogens (primary N) is 1. The Balaban J connectivity index is 2.36. The van der Waals surface area contributed by atoms with E-state index >= 15 is 0 Å². The Kier molecular flexibility index (Phi) is 4.23. The van der Waals surface area contributed by atoms with Gasteiger partial charge in [-0.15, -0.1) is 11.3 Å². The molecule has 0 radical (unpaired) electrons. The SMILES string of the molecule is Cc1ccsc1CN(C)c1ccc(C(N)=O)cc1[N+](=O)[O-]. The summed E-state index contributed by atoms with van der Waals surface area (Å²) in [6, 6.07) is 6.29. The number of nitro groups is 1. The number of hydrogen-bond donors (Lipinski definition) is 1. The summed E-state index contributed by atoms with van der Waals surface area (Å²) >= 11 is 1.61. The van der Waals surface area contributed by atoms with Gasteiger partial charge in [0.1, 0.15) is 5.69 Å². The molecule has 0 saturated carbocycles. The van der Waals surface area contributed by atoms with E-state index in [-0.39, 0.29) is 11.3 Å². The van der Waals surface area contributed by atoms with Gasteiger partial charge in [0.2, 0.25) is 5.91 Å². The van der Waals surface area contributed by atoms with Crippen LogP contribution in [0.4, 0.5) is 11.4 Å². The molecule has 0 aliphatic rings. The Morgan fingerprint density at radius 1 is 1.43 bits per heavy atom. The molecule has 6 nitrogen and oxygen atoms in total. The number of primary amides is 1. The molecule has 0 unspecified atom stereocenters. The van der Waals surface area contributed by atoms with E-state index in [1.54, 1.807) is 29.4 Å². The van der Waals surface area contributed by atoms with Gasteiger partial charge < -0.3 is 10.6 Å². The van der Waals surface area contributed by atoms with Gasteiger partial charge in [-0.3, -0.25) is 14.9 Å². The van der Waals surface area contributed by atoms with Crippen molar-refractivity contribution in [1.82, 2.24) is 0 Å². The van der Waals surface area contributed by atoms with E-state index in [2.05, 4.69) is 0 Å². The molecule has 0 spiro atoms. The number of nitrogens with zero attached hydrogens (tertiary/aromatic N) is 2. The number of carbonyl (C=O) groups is 1. The highest BCUT2D eigenvalue weighted by Crippen LogP contribution is 2.30. The fourth-order valence-electron chi connectivity index (χ4n) is 2.01. The number of carbonyl (C=O) groups excluding carboxylic acids is 1. The zero-order valence-electron chi connectivity index (χ0n) is 11.7. The van der Waals surface area contributed by atoms with Gasteiger partial charge in [-0.25, -0.2) is 0 Å². The van der Waals surface area contributed by atoms with Crippen LogP contribution in [0.3, 0.4) is 0 Å². The highest BCUT2D eigenvalue weighted by atomic mass is 32.1. The molecule has 21 heavy (non-hydrogen) atoms. The Bertz CT molecular complexity index is 697. The first-order valence-corrected chi connectivity index (χ1v) is 7.10. The fraction of sp³-hybridized carbons (Fsp3) is 0.214. The van der Waals surface area contributed by atoms with E-state index in [1.807, 2.05) is 18.4 Å². The molecule has 7 heteroatoms. The van der Waals surface area contributed by atoms with E-state index in [4.69, 9.17) is 5.73 Å². The summed E-state index contributed by atoms with van der Waals surface area (Å²) in [6.45, 7) is 2.57. The van der Waals surface area contributed by atoms with Crippen molar-refractivity contribution < 1.29 is 9.72 Å². The Hall–Kier alpha value is -2.41. The van der Waals surface area contributed by atoms with Gasteiger partial charge in [-0.05, 0) is 36.1 Å². The zero-order chi connectivity index (χ0) is 15.6. The monoisotopic (exact) mass is 305 g/mol. The summed E-state index contributed by atoms with van der Waals surface area (Å²) in [5.41, 5.74) is 6.79. The van der Waals surface area contributed by atoms with Crippen LogP contribution in [0.5, 0.6) is 0 Å². The predicted molar refractivity (Wildman–Crippen MR) is 82.8 cm³/mol. The second kappa shape index (κ2) is 5.92. The van der Waals surface area contributed by atoms with E-state index in [0.717, 1.165) is 10.4 Å². The molecule has 1 aromatic heterocycles. The number of anilines is 1. The van der Waals surface area contributed by atoms with Crippen molar-refractivity contribution in [3.05, 3.63) is 55.8 Å². The molecule has 1 aromatic carbocycles. The number of rotatable bonds is 5. The minimum Gasteiger partial charge on any atom is -0.366 e. The lowest BCUT2D eigenvalue weighted by Crippen LogP contribution is -2.18. The molecule has 0 saturated heterocycles. The summed E-state index contributed by atoms with van der Waals surface area (Å²) in [7, 11) is 1.78. The van der Waals surface area contributed by atoms with Crippen molar-refractivity contribution in [2.24, 2.45) is 5.73 Å². The summed E-state index contributed by atoms with van der Waals surface area (Å²) in [5, 5.41) is 13.2. The van der Waals surface area contributed by atoms with E-state index in [9.17, 15) is 14.9 Å². The van der Waals surface area contributed by atoms with Crippen molar-refractivity contribution >= 4 is 28.6 Å². The molecule has 2 N–H and O–H groups in total. The van der Waals surface area contributed by atoms with Crippen LogP contribution in [0.2, 0.25) is 0 Å². The van der Waals surface area contributed by atoms with Crippen molar-refractivity contribution in [2.75, 3.05) is 11.9 Å². The Morgan fingerprint density at radius 3 is 2.67 bits per heavy atom. The number of hydrogen-bond acceptors (Lipinski definition) is 5. The minimum absolute atomic E-state index is 0.122. The first-order chi connectivity index (χ1) is 9.90. The summed E-state index contributed by atoms with van der Waals surface area (Å²) < 4.78 is 0. The van der Waals surface area contributed by atoms with Crippen LogP contribution in [0.15, 0.2) is 29.6 Å². The summed E-state index contributed by atoms with van der Waals surface area (Å²) in [6.07, 6.45) is 0. The number of aryl methyl sites for hydroxylation is 1. The lowest BCUT2D eigenvalue weighted by atomic mass is 10.1. The van der Waals surface area contributed by atoms with Crippen LogP contribution in [0.25, 0.3) is 0 Å². The van der Waals surface area contributed by atoms with Gasteiger partial charge in [-0.2, -0.15) is 0 Å². The average Bonchev–Trinajstić information content (AvgIpc) is 2.83. The molecule has 1 amide bonds. The standard InChI is InChI=1S/C14H15N3O3S/c1-9-5-6-21-13(9)8-16(2)11-4-3-10(14(15)18)7-12(11)17(19)20/h3-7H,8H2,1-2H3,(H2,15,18). The van der Waals surface area contributed by atoms with Gasteiger partial charge >= 0.3 is 0 Å². The maximum atomic E-state index is 11.2. The number of benzene rings is 1. The molecule has 0 aliphatic carbocycles. The van der Waals surface area contributed by atoms with Crippen LogP contribution in [-0.4, -0.2) is 17.9 Å². The molecular weight excluding hydrogens is 290 g/mol.